The van der Waals surface area contributed by atoms with E-state index in [1.165, 1.54) is 0 Å². The van der Waals surface area contributed by atoms with Crippen LogP contribution in [0.15, 0.2) is 36.5 Å². The molecule has 1 aromatic carbocycles. The van der Waals surface area contributed by atoms with Gasteiger partial charge in [0.05, 0.1) is 5.56 Å². The van der Waals surface area contributed by atoms with E-state index in [1.807, 2.05) is 37.3 Å². The van der Waals surface area contributed by atoms with E-state index >= 15 is 0 Å². The van der Waals surface area contributed by atoms with Crippen molar-refractivity contribution in [2.75, 3.05) is 43.1 Å². The molecule has 0 aliphatic carbocycles. The van der Waals surface area contributed by atoms with Crippen molar-refractivity contribution in [3.8, 4) is 11.5 Å². The molecule has 4 rings (SSSR count). The van der Waals surface area contributed by atoms with Crippen LogP contribution < -0.4 is 25.0 Å². The molecule has 2 aliphatic rings. The Hall–Kier alpha value is -2.96. The Morgan fingerprint density at radius 3 is 2.86 bits per heavy atom. The molecule has 1 atom stereocenters. The smallest absolute Gasteiger partial charge is 0.252 e. The summed E-state index contributed by atoms with van der Waals surface area (Å²) in [4.78, 5) is 18.7. The van der Waals surface area contributed by atoms with Gasteiger partial charge in [-0.3, -0.25) is 4.79 Å². The number of hydrogen-bond acceptors (Lipinski definition) is 6. The molecule has 0 spiro atoms. The summed E-state index contributed by atoms with van der Waals surface area (Å²) >= 11 is 0. The Kier molecular flexibility index (Phi) is 5.50. The van der Waals surface area contributed by atoms with Gasteiger partial charge in [-0.15, -0.1) is 0 Å². The van der Waals surface area contributed by atoms with Crippen molar-refractivity contribution < 1.29 is 14.3 Å². The van der Waals surface area contributed by atoms with Crippen LogP contribution in [0.4, 0.5) is 11.5 Å². The van der Waals surface area contributed by atoms with Gasteiger partial charge in [-0.1, -0.05) is 0 Å². The van der Waals surface area contributed by atoms with Gasteiger partial charge in [0.2, 0.25) is 0 Å². The Labute approximate surface area is 165 Å². The highest BCUT2D eigenvalue weighted by molar-refractivity contribution is 5.94. The van der Waals surface area contributed by atoms with E-state index in [2.05, 4.69) is 20.5 Å². The molecular formula is C21H26N4O3. The second kappa shape index (κ2) is 8.37. The number of ether oxygens (including phenoxy) is 2. The second-order valence-corrected chi connectivity index (χ2v) is 7.05. The fourth-order valence-electron chi connectivity index (χ4n) is 3.64. The number of anilines is 2. The number of hydrogen-bond donors (Lipinski definition) is 2. The summed E-state index contributed by atoms with van der Waals surface area (Å²) in [5, 5.41) is 6.40. The molecule has 2 aromatic rings. The van der Waals surface area contributed by atoms with Crippen molar-refractivity contribution in [2.24, 2.45) is 0 Å². The van der Waals surface area contributed by atoms with Gasteiger partial charge in [-0.05, 0) is 44.0 Å². The predicted octanol–water partition coefficient (Wildman–Crippen LogP) is 2.68. The minimum atomic E-state index is -0.0849. The van der Waals surface area contributed by atoms with Gasteiger partial charge in [0.25, 0.3) is 5.91 Å². The molecule has 28 heavy (non-hydrogen) atoms. The van der Waals surface area contributed by atoms with E-state index in [0.717, 1.165) is 48.9 Å². The molecule has 7 nitrogen and oxygen atoms in total. The lowest BCUT2D eigenvalue weighted by Crippen LogP contribution is -2.42. The summed E-state index contributed by atoms with van der Waals surface area (Å²) in [5.74, 6) is 2.42. The number of carbonyl (C=O) groups excluding carboxylic acids is 1. The number of nitrogens with one attached hydrogen (secondary N) is 2. The van der Waals surface area contributed by atoms with Gasteiger partial charge in [-0.25, -0.2) is 4.98 Å². The molecule has 148 valence electrons. The highest BCUT2D eigenvalue weighted by atomic mass is 16.6. The summed E-state index contributed by atoms with van der Waals surface area (Å²) in [6, 6.07) is 10.1. The van der Waals surface area contributed by atoms with Gasteiger partial charge in [0.15, 0.2) is 11.5 Å². The Bertz CT molecular complexity index is 825. The number of pyridine rings is 1. The van der Waals surface area contributed by atoms with Crippen molar-refractivity contribution in [3.63, 3.8) is 0 Å². The maximum atomic E-state index is 11.9. The number of rotatable bonds is 5. The highest BCUT2D eigenvalue weighted by Gasteiger charge is 2.22. The third kappa shape index (κ3) is 4.13. The minimum Gasteiger partial charge on any atom is -0.486 e. The molecule has 1 aromatic heterocycles. The maximum absolute atomic E-state index is 11.9. The molecule has 2 N–H and O–H groups in total. The van der Waals surface area contributed by atoms with E-state index in [-0.39, 0.29) is 5.91 Å². The average Bonchev–Trinajstić information content (AvgIpc) is 2.74. The summed E-state index contributed by atoms with van der Waals surface area (Å²) < 4.78 is 11.3. The quantitative estimate of drug-likeness (QED) is 0.828. The zero-order valence-corrected chi connectivity index (χ0v) is 16.1. The topological polar surface area (TPSA) is 75.7 Å². The van der Waals surface area contributed by atoms with Crippen molar-refractivity contribution in [1.29, 1.82) is 0 Å². The highest BCUT2D eigenvalue weighted by Crippen LogP contribution is 2.33. The first-order valence-electron chi connectivity index (χ1n) is 9.88. The summed E-state index contributed by atoms with van der Waals surface area (Å²) in [6.45, 7) is 5.53. The van der Waals surface area contributed by atoms with Crippen LogP contribution in [-0.4, -0.2) is 49.8 Å². The first-order valence-corrected chi connectivity index (χ1v) is 9.88. The van der Waals surface area contributed by atoms with E-state index in [9.17, 15) is 4.79 Å². The molecule has 1 unspecified atom stereocenters. The molecule has 1 saturated heterocycles. The molecule has 0 bridgehead atoms. The molecule has 0 saturated carbocycles. The minimum absolute atomic E-state index is 0.0849. The molecule has 1 amide bonds. The van der Waals surface area contributed by atoms with Gasteiger partial charge < -0.3 is 25.0 Å². The third-order valence-electron chi connectivity index (χ3n) is 5.01. The van der Waals surface area contributed by atoms with Crippen LogP contribution in [-0.2, 0) is 0 Å². The van der Waals surface area contributed by atoms with Crippen LogP contribution in [0.3, 0.4) is 0 Å². The number of amides is 1. The van der Waals surface area contributed by atoms with Crippen LogP contribution in [0.25, 0.3) is 0 Å². The molecule has 3 heterocycles. The predicted molar refractivity (Wildman–Crippen MR) is 109 cm³/mol. The fourth-order valence-corrected chi connectivity index (χ4v) is 3.64. The maximum Gasteiger partial charge on any atom is 0.252 e. The number of piperidine rings is 1. The van der Waals surface area contributed by atoms with Crippen LogP contribution in [0.5, 0.6) is 11.5 Å². The molecule has 0 radical (unpaired) electrons. The lowest BCUT2D eigenvalue weighted by molar-refractivity contribution is 0.0955. The Balaban J connectivity index is 1.39. The molecular weight excluding hydrogens is 356 g/mol. The third-order valence-corrected chi connectivity index (χ3v) is 5.01. The van der Waals surface area contributed by atoms with Crippen molar-refractivity contribution >= 4 is 17.4 Å². The average molecular weight is 382 g/mol. The largest absolute Gasteiger partial charge is 0.486 e. The van der Waals surface area contributed by atoms with Crippen LogP contribution in [0, 0.1) is 0 Å². The van der Waals surface area contributed by atoms with E-state index in [1.54, 1.807) is 6.20 Å². The number of benzene rings is 1. The summed E-state index contributed by atoms with van der Waals surface area (Å²) in [7, 11) is 0. The van der Waals surface area contributed by atoms with E-state index in [0.29, 0.717) is 31.4 Å². The molecule has 7 heteroatoms. The number of aromatic nitrogens is 1. The van der Waals surface area contributed by atoms with Gasteiger partial charge in [-0.2, -0.15) is 0 Å². The first kappa shape index (κ1) is 18.4. The second-order valence-electron chi connectivity index (χ2n) is 7.05. The first-order chi connectivity index (χ1) is 13.7. The van der Waals surface area contributed by atoms with E-state index < -0.39 is 0 Å². The van der Waals surface area contributed by atoms with Crippen molar-refractivity contribution in [1.82, 2.24) is 10.3 Å². The van der Waals surface area contributed by atoms with E-state index in [4.69, 9.17) is 9.47 Å². The monoisotopic (exact) mass is 382 g/mol. The normalized spacial score (nSPS) is 18.5. The lowest BCUT2D eigenvalue weighted by atomic mass is 10.0. The Morgan fingerprint density at radius 1 is 1.21 bits per heavy atom. The number of nitrogens with zero attached hydrogens (tertiary/aromatic N) is 2. The van der Waals surface area contributed by atoms with Gasteiger partial charge >= 0.3 is 0 Å². The summed E-state index contributed by atoms with van der Waals surface area (Å²) in [5.41, 5.74) is 1.63. The van der Waals surface area contributed by atoms with Crippen LogP contribution in [0.1, 0.15) is 30.1 Å². The zero-order chi connectivity index (χ0) is 19.3. The molecule has 1 fully saturated rings. The number of fused-ring (bicyclic) bond motifs is 1. The van der Waals surface area contributed by atoms with Crippen LogP contribution in [0.2, 0.25) is 0 Å². The summed E-state index contributed by atoms with van der Waals surface area (Å²) in [6.07, 6.45) is 3.84. The standard InChI is InChI=1S/C21H26N4O3/c1-2-22-21(26)15-5-8-20(23-13-15)25-9-3-4-17(14-25)24-16-6-7-18-19(12-16)28-11-10-27-18/h5-8,12-13,17,24H,2-4,9-11,14H2,1H3,(H,22,26). The fraction of sp³-hybridized carbons (Fsp3) is 0.429. The number of carbonyl (C=O) groups is 1. The van der Waals surface area contributed by atoms with Crippen LogP contribution >= 0.6 is 0 Å². The van der Waals surface area contributed by atoms with Gasteiger partial charge in [0, 0.05) is 43.6 Å². The molecule has 2 aliphatic heterocycles. The lowest BCUT2D eigenvalue weighted by Gasteiger charge is -2.34. The SMILES string of the molecule is CCNC(=O)c1ccc(N2CCCC(Nc3ccc4c(c3)OCCO4)C2)nc1. The zero-order valence-electron chi connectivity index (χ0n) is 16.1. The van der Waals surface area contributed by atoms with Crippen molar-refractivity contribution in [2.45, 2.75) is 25.8 Å². The van der Waals surface area contributed by atoms with Gasteiger partial charge in [0.1, 0.15) is 19.0 Å². The Morgan fingerprint density at radius 2 is 2.07 bits per heavy atom. The van der Waals surface area contributed by atoms with Crippen molar-refractivity contribution in [3.05, 3.63) is 42.1 Å².